The Hall–Kier alpha value is -2.78. The van der Waals surface area contributed by atoms with Crippen molar-refractivity contribution in [1.82, 2.24) is 14.9 Å². The number of hydrogen-bond donors (Lipinski definition) is 3. The Morgan fingerprint density at radius 3 is 2.79 bits per heavy atom. The number of nitrogens with one attached hydrogen (secondary N) is 1. The van der Waals surface area contributed by atoms with Gasteiger partial charge in [-0.1, -0.05) is 13.8 Å². The Morgan fingerprint density at radius 1 is 1.27 bits per heavy atom. The average Bonchev–Trinajstić information content (AvgIpc) is 3.28. The summed E-state index contributed by atoms with van der Waals surface area (Å²) >= 11 is 1.17. The largest absolute Gasteiger partial charge is 0.404 e. The summed E-state index contributed by atoms with van der Waals surface area (Å²) in [6.07, 6.45) is 9.47. The summed E-state index contributed by atoms with van der Waals surface area (Å²) in [4.78, 5) is 20.5. The smallest absolute Gasteiger partial charge is 0.166 e. The highest BCUT2D eigenvalue weighted by atomic mass is 32.2. The third kappa shape index (κ3) is 7.94. The van der Waals surface area contributed by atoms with Crippen LogP contribution in [0.2, 0.25) is 0 Å². The van der Waals surface area contributed by atoms with Crippen molar-refractivity contribution < 1.29 is 0 Å². The number of aromatic nitrogens is 2. The molecule has 2 aromatic heterocycles. The van der Waals surface area contributed by atoms with Gasteiger partial charge in [-0.05, 0) is 81.2 Å². The van der Waals surface area contributed by atoms with E-state index in [4.69, 9.17) is 16.9 Å². The number of amidine groups is 1. The van der Waals surface area contributed by atoms with Gasteiger partial charge in [0.15, 0.2) is 11.0 Å². The Bertz CT molecular complexity index is 1040. The fourth-order valence-electron chi connectivity index (χ4n) is 3.66. The first-order valence-electron chi connectivity index (χ1n) is 11.5. The lowest BCUT2D eigenvalue weighted by atomic mass is 10.1. The van der Waals surface area contributed by atoms with Crippen LogP contribution < -0.4 is 11.5 Å². The van der Waals surface area contributed by atoms with Gasteiger partial charge in [0, 0.05) is 36.3 Å². The molecule has 0 saturated carbocycles. The predicted octanol–water partition coefficient (Wildman–Crippen LogP) is 4.19. The molecule has 0 spiro atoms. The van der Waals surface area contributed by atoms with E-state index in [1.165, 1.54) is 37.7 Å². The molecule has 3 rings (SSSR count). The number of nitrogens with two attached hydrogens (primary N) is 2. The number of nitrogens with zero attached hydrogens (tertiary/aromatic N) is 5. The number of pyridine rings is 2. The number of thioether (sulfide) groups is 1. The Labute approximate surface area is 200 Å². The third-order valence-electron chi connectivity index (χ3n) is 5.27. The molecule has 2 aromatic rings. The van der Waals surface area contributed by atoms with E-state index in [2.05, 4.69) is 38.7 Å². The van der Waals surface area contributed by atoms with Gasteiger partial charge in [-0.2, -0.15) is 0 Å². The van der Waals surface area contributed by atoms with E-state index >= 15 is 0 Å². The van der Waals surface area contributed by atoms with Gasteiger partial charge in [0.2, 0.25) is 0 Å². The highest BCUT2D eigenvalue weighted by molar-refractivity contribution is 8.26. The average molecular weight is 467 g/mol. The van der Waals surface area contributed by atoms with Crippen LogP contribution in [-0.2, 0) is 0 Å². The molecule has 1 fully saturated rings. The zero-order valence-electron chi connectivity index (χ0n) is 19.5. The van der Waals surface area contributed by atoms with Crippen LogP contribution in [0.1, 0.15) is 45.1 Å². The Kier molecular flexibility index (Phi) is 9.38. The molecule has 9 heteroatoms. The number of fused-ring (bicyclic) bond motifs is 1. The van der Waals surface area contributed by atoms with E-state index < -0.39 is 0 Å². The first kappa shape index (κ1) is 24.9. The lowest BCUT2D eigenvalue weighted by Gasteiger charge is -2.12. The van der Waals surface area contributed by atoms with E-state index in [1.807, 2.05) is 18.3 Å². The van der Waals surface area contributed by atoms with Crippen molar-refractivity contribution in [3.63, 3.8) is 0 Å². The van der Waals surface area contributed by atoms with E-state index in [1.54, 1.807) is 18.5 Å². The van der Waals surface area contributed by atoms with Crippen molar-refractivity contribution in [2.75, 3.05) is 26.2 Å². The molecule has 3 heterocycles. The topological polar surface area (TPSA) is 130 Å². The van der Waals surface area contributed by atoms with Crippen molar-refractivity contribution in [2.45, 2.75) is 39.5 Å². The van der Waals surface area contributed by atoms with Crippen LogP contribution in [0.3, 0.4) is 0 Å². The zero-order valence-corrected chi connectivity index (χ0v) is 20.3. The zero-order chi connectivity index (χ0) is 23.6. The van der Waals surface area contributed by atoms with Crippen molar-refractivity contribution in [3.05, 3.63) is 36.2 Å². The van der Waals surface area contributed by atoms with Gasteiger partial charge >= 0.3 is 0 Å². The van der Waals surface area contributed by atoms with Gasteiger partial charge in [0.1, 0.15) is 0 Å². The standard InChI is InChI=1S/C24H34N8S/c1-17(2)12-22(26)33-24(27)31-23-7-6-20-21(30-23)13-18(16-29-20)19(14-25)15-28-8-5-11-32-9-3-4-10-32/h6-7,13-17,26H,3-5,8-12,25H2,1-2H3,(H2,27,30,31). The van der Waals surface area contributed by atoms with Crippen molar-refractivity contribution in [3.8, 4) is 0 Å². The molecule has 0 radical (unpaired) electrons. The summed E-state index contributed by atoms with van der Waals surface area (Å²) in [5.74, 6) is 0.886. The van der Waals surface area contributed by atoms with Crippen LogP contribution in [0.15, 0.2) is 40.6 Å². The molecular formula is C24H34N8S. The normalized spacial score (nSPS) is 15.8. The quantitative estimate of drug-likeness (QED) is 0.289. The molecule has 0 atom stereocenters. The summed E-state index contributed by atoms with van der Waals surface area (Å²) in [6.45, 7) is 8.44. The fraction of sp³-hybridized carbons (Fsp3) is 0.458. The van der Waals surface area contributed by atoms with Gasteiger partial charge in [0.05, 0.1) is 16.1 Å². The van der Waals surface area contributed by atoms with E-state index in [0.717, 1.165) is 36.2 Å². The summed E-state index contributed by atoms with van der Waals surface area (Å²) in [6, 6.07) is 5.57. The summed E-state index contributed by atoms with van der Waals surface area (Å²) in [5, 5.41) is 8.81. The van der Waals surface area contributed by atoms with Crippen molar-refractivity contribution in [1.29, 1.82) is 5.41 Å². The third-order valence-corrected chi connectivity index (χ3v) is 5.99. The minimum atomic E-state index is 0.306. The molecule has 0 bridgehead atoms. The molecule has 0 aromatic carbocycles. The van der Waals surface area contributed by atoms with Gasteiger partial charge in [-0.25, -0.2) is 9.98 Å². The van der Waals surface area contributed by atoms with Crippen molar-refractivity contribution >= 4 is 50.6 Å². The maximum atomic E-state index is 8.01. The SMILES string of the molecule is CC(C)CC(=N)SC(N)=Nc1ccc2ncc(C(C=NCCCN3CCCC3)=CN)cc2n1. The second-order valence-electron chi connectivity index (χ2n) is 8.56. The Balaban J connectivity index is 1.66. The number of hydrogen-bond acceptors (Lipinski definition) is 8. The fourth-order valence-corrected chi connectivity index (χ4v) is 4.47. The van der Waals surface area contributed by atoms with Crippen LogP contribution >= 0.6 is 11.8 Å². The first-order chi connectivity index (χ1) is 15.9. The first-order valence-corrected chi connectivity index (χ1v) is 12.3. The second-order valence-corrected chi connectivity index (χ2v) is 9.68. The molecule has 33 heavy (non-hydrogen) atoms. The van der Waals surface area contributed by atoms with Gasteiger partial charge in [-0.15, -0.1) is 0 Å². The molecule has 1 saturated heterocycles. The van der Waals surface area contributed by atoms with Crippen LogP contribution in [0.4, 0.5) is 5.82 Å². The van der Waals surface area contributed by atoms with Crippen LogP contribution in [-0.4, -0.2) is 57.5 Å². The van der Waals surface area contributed by atoms with E-state index in [9.17, 15) is 0 Å². The molecule has 8 nitrogen and oxygen atoms in total. The minimum absolute atomic E-state index is 0.306. The molecule has 1 aliphatic rings. The van der Waals surface area contributed by atoms with Crippen LogP contribution in [0.5, 0.6) is 0 Å². The molecule has 0 amide bonds. The van der Waals surface area contributed by atoms with Crippen molar-refractivity contribution in [2.24, 2.45) is 27.4 Å². The van der Waals surface area contributed by atoms with E-state index in [-0.39, 0.29) is 0 Å². The van der Waals surface area contributed by atoms with Gasteiger partial charge in [-0.3, -0.25) is 15.4 Å². The molecule has 5 N–H and O–H groups in total. The molecule has 0 aliphatic carbocycles. The molecule has 1 aliphatic heterocycles. The molecule has 176 valence electrons. The number of allylic oxidation sites excluding steroid dienone is 1. The molecule has 0 unspecified atom stereocenters. The summed E-state index contributed by atoms with van der Waals surface area (Å²) in [7, 11) is 0. The second kappa shape index (κ2) is 12.5. The predicted molar refractivity (Wildman–Crippen MR) is 141 cm³/mol. The maximum absolute atomic E-state index is 8.01. The maximum Gasteiger partial charge on any atom is 0.166 e. The number of aliphatic imine (C=N–C) groups is 2. The Morgan fingerprint density at radius 2 is 2.06 bits per heavy atom. The highest BCUT2D eigenvalue weighted by Gasteiger charge is 2.10. The van der Waals surface area contributed by atoms with E-state index in [0.29, 0.717) is 33.9 Å². The number of likely N-dealkylation sites (tertiary alicyclic amines) is 1. The number of rotatable bonds is 9. The van der Waals surface area contributed by atoms with Gasteiger partial charge in [0.25, 0.3) is 0 Å². The van der Waals surface area contributed by atoms with Gasteiger partial charge < -0.3 is 16.4 Å². The highest BCUT2D eigenvalue weighted by Crippen LogP contribution is 2.21. The summed E-state index contributed by atoms with van der Waals surface area (Å²) < 4.78 is 0. The van der Waals surface area contributed by atoms with Crippen LogP contribution in [0.25, 0.3) is 16.6 Å². The lowest BCUT2D eigenvalue weighted by molar-refractivity contribution is 0.336. The minimum Gasteiger partial charge on any atom is -0.404 e. The summed E-state index contributed by atoms with van der Waals surface area (Å²) in [5.41, 5.74) is 15.0. The van der Waals surface area contributed by atoms with Crippen LogP contribution in [0, 0.1) is 11.3 Å². The lowest BCUT2D eigenvalue weighted by Crippen LogP contribution is -2.20. The monoisotopic (exact) mass is 466 g/mol. The molecular weight excluding hydrogens is 432 g/mol.